The Balaban J connectivity index is 1.28. The number of imidazole rings is 1. The van der Waals surface area contributed by atoms with Crippen LogP contribution in [0.15, 0.2) is 140 Å². The molecule has 8 nitrogen and oxygen atoms in total. The van der Waals surface area contributed by atoms with Crippen molar-refractivity contribution in [2.45, 2.75) is 58.5 Å². The van der Waals surface area contributed by atoms with Gasteiger partial charge in [0.15, 0.2) is 11.2 Å². The number of aryl methyl sites for hydroxylation is 1. The van der Waals surface area contributed by atoms with Crippen LogP contribution in [0.3, 0.4) is 0 Å². The average Bonchev–Trinajstić information content (AvgIpc) is 3.83. The minimum atomic E-state index is -0.868. The molecule has 0 amide bonds. The summed E-state index contributed by atoms with van der Waals surface area (Å²) in [5.74, 6) is 1.20. The van der Waals surface area contributed by atoms with Crippen LogP contribution in [-0.2, 0) is 23.2 Å². The summed E-state index contributed by atoms with van der Waals surface area (Å²) in [5, 5.41) is 14.7. The molecule has 2 heterocycles. The third kappa shape index (κ3) is 6.80. The number of carbonyl (C=O) groups excluding carboxylic acids is 1. The maximum absolute atomic E-state index is 13.2. The SMILES string of the molecule is CCCc1nc(C(C)C)c(C(=O)OCC)n1Cc1ccc(-c2ccccc2-c2nnn(C(c3ccccc3)(c3ccccc3)c3ccccc3)n2)cc1. The first-order chi connectivity index (χ1) is 25.9. The molecule has 0 aliphatic heterocycles. The molecule has 0 unspecified atom stereocenters. The highest BCUT2D eigenvalue weighted by Crippen LogP contribution is 2.40. The molecule has 0 saturated carbocycles. The quantitative estimate of drug-likeness (QED) is 0.0880. The molecule has 53 heavy (non-hydrogen) atoms. The second-order valence-electron chi connectivity index (χ2n) is 13.4. The Labute approximate surface area is 311 Å². The lowest BCUT2D eigenvalue weighted by Crippen LogP contribution is -2.39. The Bertz CT molecular complexity index is 2180. The lowest BCUT2D eigenvalue weighted by molar-refractivity contribution is 0.0512. The fourth-order valence-electron chi connectivity index (χ4n) is 7.17. The number of rotatable bonds is 13. The topological polar surface area (TPSA) is 87.7 Å². The monoisotopic (exact) mass is 700 g/mol. The highest BCUT2D eigenvalue weighted by molar-refractivity contribution is 5.89. The van der Waals surface area contributed by atoms with Gasteiger partial charge in [-0.05, 0) is 57.9 Å². The van der Waals surface area contributed by atoms with E-state index >= 15 is 0 Å². The van der Waals surface area contributed by atoms with Gasteiger partial charge in [0.1, 0.15) is 5.82 Å². The molecule has 0 fully saturated rings. The van der Waals surface area contributed by atoms with E-state index in [2.05, 4.69) is 87.5 Å². The second-order valence-corrected chi connectivity index (χ2v) is 13.4. The zero-order valence-corrected chi connectivity index (χ0v) is 30.7. The zero-order valence-electron chi connectivity index (χ0n) is 30.7. The van der Waals surface area contributed by atoms with Gasteiger partial charge in [0.2, 0.25) is 5.82 Å². The first-order valence-corrected chi connectivity index (χ1v) is 18.4. The van der Waals surface area contributed by atoms with Crippen molar-refractivity contribution in [1.82, 2.24) is 29.8 Å². The van der Waals surface area contributed by atoms with Gasteiger partial charge in [-0.1, -0.05) is 160 Å². The molecule has 0 radical (unpaired) electrons. The molecule has 0 spiro atoms. The van der Waals surface area contributed by atoms with Crippen molar-refractivity contribution in [3.8, 4) is 22.5 Å². The molecule has 0 aliphatic rings. The van der Waals surface area contributed by atoms with Gasteiger partial charge in [0, 0.05) is 18.5 Å². The zero-order chi connectivity index (χ0) is 36.8. The van der Waals surface area contributed by atoms with E-state index in [1.165, 1.54) is 0 Å². The van der Waals surface area contributed by atoms with E-state index in [-0.39, 0.29) is 11.9 Å². The maximum Gasteiger partial charge on any atom is 0.356 e. The number of carbonyl (C=O) groups is 1. The average molecular weight is 701 g/mol. The van der Waals surface area contributed by atoms with Gasteiger partial charge in [-0.2, -0.15) is 0 Å². The third-order valence-corrected chi connectivity index (χ3v) is 9.62. The summed E-state index contributed by atoms with van der Waals surface area (Å²) >= 11 is 0. The van der Waals surface area contributed by atoms with Gasteiger partial charge in [0.05, 0.1) is 12.3 Å². The number of hydrogen-bond acceptors (Lipinski definition) is 6. The molecule has 2 aromatic heterocycles. The van der Waals surface area contributed by atoms with E-state index in [1.807, 2.05) is 84.3 Å². The number of nitrogens with zero attached hydrogens (tertiary/aromatic N) is 6. The lowest BCUT2D eigenvalue weighted by Gasteiger charge is -2.34. The van der Waals surface area contributed by atoms with Crippen molar-refractivity contribution in [3.05, 3.63) is 179 Å². The molecular weight excluding hydrogens is 657 g/mol. The van der Waals surface area contributed by atoms with E-state index in [1.54, 1.807) is 4.80 Å². The Hall–Kier alpha value is -6.15. The van der Waals surface area contributed by atoms with Crippen molar-refractivity contribution < 1.29 is 9.53 Å². The minimum Gasteiger partial charge on any atom is -0.461 e. The maximum atomic E-state index is 13.2. The van der Waals surface area contributed by atoms with E-state index < -0.39 is 5.54 Å². The number of esters is 1. The van der Waals surface area contributed by atoms with E-state index in [0.717, 1.165) is 63.3 Å². The van der Waals surface area contributed by atoms with Crippen LogP contribution in [0.4, 0.5) is 0 Å². The molecule has 0 saturated heterocycles. The standard InChI is InChI=1S/C45H44N6O2/c1-5-18-40-46-41(32(3)4)42(44(52)53-6-2)50(40)31-33-27-29-34(30-28-33)38-25-16-17-26-39(38)43-47-49-51(48-43)45(35-19-10-7-11-20-35,36-21-12-8-13-22-36)37-23-14-9-15-24-37/h7-17,19-30,32H,5-6,18,31H2,1-4H3. The molecule has 8 heteroatoms. The molecule has 0 aliphatic carbocycles. The molecule has 5 aromatic carbocycles. The predicted molar refractivity (Wildman–Crippen MR) is 209 cm³/mol. The largest absolute Gasteiger partial charge is 0.461 e. The smallest absolute Gasteiger partial charge is 0.356 e. The summed E-state index contributed by atoms with van der Waals surface area (Å²) in [6, 6.07) is 47.7. The Kier molecular flexibility index (Phi) is 10.4. The van der Waals surface area contributed by atoms with Gasteiger partial charge < -0.3 is 9.30 Å². The summed E-state index contributed by atoms with van der Waals surface area (Å²) < 4.78 is 7.54. The van der Waals surface area contributed by atoms with E-state index in [4.69, 9.17) is 25.1 Å². The van der Waals surface area contributed by atoms with Crippen LogP contribution in [0.5, 0.6) is 0 Å². The van der Waals surface area contributed by atoms with Crippen molar-refractivity contribution in [3.63, 3.8) is 0 Å². The Morgan fingerprint density at radius 1 is 0.717 bits per heavy atom. The van der Waals surface area contributed by atoms with Gasteiger partial charge in [-0.3, -0.25) is 0 Å². The van der Waals surface area contributed by atoms with Crippen LogP contribution in [-0.4, -0.2) is 42.3 Å². The van der Waals surface area contributed by atoms with Crippen molar-refractivity contribution in [1.29, 1.82) is 0 Å². The van der Waals surface area contributed by atoms with Gasteiger partial charge in [-0.25, -0.2) is 9.78 Å². The summed E-state index contributed by atoms with van der Waals surface area (Å²) in [4.78, 5) is 19.9. The third-order valence-electron chi connectivity index (χ3n) is 9.62. The van der Waals surface area contributed by atoms with Crippen LogP contribution in [0.25, 0.3) is 22.5 Å². The van der Waals surface area contributed by atoms with E-state index in [9.17, 15) is 4.79 Å². The summed E-state index contributed by atoms with van der Waals surface area (Å²) in [6.07, 6.45) is 1.70. The summed E-state index contributed by atoms with van der Waals surface area (Å²) in [7, 11) is 0. The molecule has 0 N–H and O–H groups in total. The number of ether oxygens (including phenoxy) is 1. The van der Waals surface area contributed by atoms with Crippen LogP contribution in [0, 0.1) is 0 Å². The Morgan fingerprint density at radius 3 is 1.79 bits per heavy atom. The molecule has 0 atom stereocenters. The molecule has 7 aromatic rings. The number of benzene rings is 5. The predicted octanol–water partition coefficient (Wildman–Crippen LogP) is 9.34. The molecular formula is C45H44N6O2. The van der Waals surface area contributed by atoms with Crippen molar-refractivity contribution >= 4 is 5.97 Å². The molecule has 7 rings (SSSR count). The van der Waals surface area contributed by atoms with Crippen LogP contribution < -0.4 is 0 Å². The van der Waals surface area contributed by atoms with Crippen LogP contribution in [0.1, 0.15) is 84.3 Å². The van der Waals surface area contributed by atoms with Gasteiger partial charge in [0.25, 0.3) is 0 Å². The van der Waals surface area contributed by atoms with Crippen molar-refractivity contribution in [2.75, 3.05) is 6.61 Å². The first kappa shape index (κ1) is 35.3. The number of aromatic nitrogens is 6. The minimum absolute atomic E-state index is 0.0925. The lowest BCUT2D eigenvalue weighted by atomic mass is 9.77. The number of tetrazole rings is 1. The van der Waals surface area contributed by atoms with Crippen molar-refractivity contribution in [2.24, 2.45) is 0 Å². The highest BCUT2D eigenvalue weighted by Gasteiger charge is 2.41. The molecule has 266 valence electrons. The van der Waals surface area contributed by atoms with Gasteiger partial charge >= 0.3 is 5.97 Å². The summed E-state index contributed by atoms with van der Waals surface area (Å²) in [5.41, 5.74) is 7.49. The van der Waals surface area contributed by atoms with Crippen LogP contribution >= 0.6 is 0 Å². The first-order valence-electron chi connectivity index (χ1n) is 18.4. The van der Waals surface area contributed by atoms with Crippen LogP contribution in [0.2, 0.25) is 0 Å². The number of hydrogen-bond donors (Lipinski definition) is 0. The summed E-state index contributed by atoms with van der Waals surface area (Å²) in [6.45, 7) is 8.92. The van der Waals surface area contributed by atoms with E-state index in [0.29, 0.717) is 24.7 Å². The second kappa shape index (κ2) is 15.6. The fraction of sp³-hybridized carbons (Fsp3) is 0.222. The highest BCUT2D eigenvalue weighted by atomic mass is 16.5. The normalized spacial score (nSPS) is 11.6. The molecule has 0 bridgehead atoms. The van der Waals surface area contributed by atoms with Gasteiger partial charge in [-0.15, -0.1) is 15.0 Å². The Morgan fingerprint density at radius 2 is 1.26 bits per heavy atom. The fourth-order valence-corrected chi connectivity index (χ4v) is 7.17.